The molecule has 0 bridgehead atoms. The number of hydrogen-bond donors (Lipinski definition) is 2. The number of carbonyl (C=O) groups excluding carboxylic acids is 1. The minimum atomic E-state index is -0.373. The van der Waals surface area contributed by atoms with E-state index in [1.54, 1.807) is 7.11 Å². The number of methoxy groups -OCH3 is 1. The Balaban J connectivity index is 2.77. The van der Waals surface area contributed by atoms with Gasteiger partial charge in [-0.3, -0.25) is 4.79 Å². The molecule has 0 aliphatic heterocycles. The standard InChI is InChI=1S/C14H22N2O2/c1-14(2,3)12(13(15)17)16-9-10-7-5-6-8-11(10)18-4/h5-8,12,16H,9H2,1-4H3,(H2,15,17)/t12-/m1/s1. The Morgan fingerprint density at radius 2 is 2.00 bits per heavy atom. The van der Waals surface area contributed by atoms with Crippen molar-refractivity contribution in [2.24, 2.45) is 11.1 Å². The molecular formula is C14H22N2O2. The van der Waals surface area contributed by atoms with Crippen molar-refractivity contribution >= 4 is 5.91 Å². The third kappa shape index (κ3) is 3.74. The summed E-state index contributed by atoms with van der Waals surface area (Å²) < 4.78 is 5.27. The van der Waals surface area contributed by atoms with Crippen molar-refractivity contribution < 1.29 is 9.53 Å². The van der Waals surface area contributed by atoms with Crippen LogP contribution >= 0.6 is 0 Å². The van der Waals surface area contributed by atoms with Crippen molar-refractivity contribution in [1.29, 1.82) is 0 Å². The third-order valence-electron chi connectivity index (χ3n) is 2.84. The molecule has 0 aromatic heterocycles. The number of para-hydroxylation sites is 1. The number of rotatable bonds is 5. The molecular weight excluding hydrogens is 228 g/mol. The van der Waals surface area contributed by atoms with E-state index < -0.39 is 0 Å². The van der Waals surface area contributed by atoms with Gasteiger partial charge in [0.1, 0.15) is 5.75 Å². The lowest BCUT2D eigenvalue weighted by Gasteiger charge is -2.29. The molecule has 18 heavy (non-hydrogen) atoms. The Hall–Kier alpha value is -1.55. The Morgan fingerprint density at radius 1 is 1.39 bits per heavy atom. The van der Waals surface area contributed by atoms with Crippen molar-refractivity contribution in [3.8, 4) is 5.75 Å². The first-order valence-corrected chi connectivity index (χ1v) is 6.01. The Labute approximate surface area is 109 Å². The summed E-state index contributed by atoms with van der Waals surface area (Å²) in [4.78, 5) is 11.5. The van der Waals surface area contributed by atoms with Crippen LogP contribution in [0.5, 0.6) is 5.75 Å². The normalized spacial score (nSPS) is 13.1. The minimum absolute atomic E-state index is 0.214. The predicted octanol–water partition coefficient (Wildman–Crippen LogP) is 1.68. The summed E-state index contributed by atoms with van der Waals surface area (Å²) in [5, 5.41) is 3.20. The van der Waals surface area contributed by atoms with E-state index in [0.29, 0.717) is 6.54 Å². The molecule has 0 aliphatic rings. The maximum Gasteiger partial charge on any atom is 0.235 e. The lowest BCUT2D eigenvalue weighted by Crippen LogP contribution is -2.49. The monoisotopic (exact) mass is 250 g/mol. The minimum Gasteiger partial charge on any atom is -0.496 e. The maximum absolute atomic E-state index is 11.5. The molecule has 0 unspecified atom stereocenters. The van der Waals surface area contributed by atoms with Crippen molar-refractivity contribution in [2.45, 2.75) is 33.4 Å². The second-order valence-corrected chi connectivity index (χ2v) is 5.39. The first kappa shape index (κ1) is 14.5. The smallest absolute Gasteiger partial charge is 0.235 e. The molecule has 0 aliphatic carbocycles. The van der Waals surface area contributed by atoms with Crippen molar-refractivity contribution in [1.82, 2.24) is 5.32 Å². The SMILES string of the molecule is COc1ccccc1CN[C@H](C(N)=O)C(C)(C)C. The van der Waals surface area contributed by atoms with Crippen molar-refractivity contribution in [3.05, 3.63) is 29.8 Å². The first-order chi connectivity index (χ1) is 8.36. The molecule has 0 saturated carbocycles. The summed E-state index contributed by atoms with van der Waals surface area (Å²) in [5.74, 6) is 0.472. The zero-order valence-corrected chi connectivity index (χ0v) is 11.5. The molecule has 0 spiro atoms. The van der Waals surface area contributed by atoms with Gasteiger partial charge in [-0.1, -0.05) is 39.0 Å². The molecule has 1 rings (SSSR count). The fourth-order valence-electron chi connectivity index (χ4n) is 1.89. The van der Waals surface area contributed by atoms with E-state index in [2.05, 4.69) is 5.32 Å². The largest absolute Gasteiger partial charge is 0.496 e. The van der Waals surface area contributed by atoms with Crippen LogP contribution in [0.25, 0.3) is 0 Å². The topological polar surface area (TPSA) is 64.3 Å². The van der Waals surface area contributed by atoms with Gasteiger partial charge in [0.15, 0.2) is 0 Å². The Morgan fingerprint density at radius 3 is 2.50 bits per heavy atom. The van der Waals surface area contributed by atoms with Crippen LogP contribution in [0.1, 0.15) is 26.3 Å². The molecule has 100 valence electrons. The van der Waals surface area contributed by atoms with Crippen molar-refractivity contribution in [2.75, 3.05) is 7.11 Å². The van der Waals surface area contributed by atoms with E-state index in [4.69, 9.17) is 10.5 Å². The maximum atomic E-state index is 11.5. The number of nitrogens with one attached hydrogen (secondary N) is 1. The molecule has 4 nitrogen and oxygen atoms in total. The highest BCUT2D eigenvalue weighted by atomic mass is 16.5. The van der Waals surface area contributed by atoms with Gasteiger partial charge >= 0.3 is 0 Å². The van der Waals surface area contributed by atoms with Gasteiger partial charge in [-0.25, -0.2) is 0 Å². The fourth-order valence-corrected chi connectivity index (χ4v) is 1.89. The first-order valence-electron chi connectivity index (χ1n) is 6.01. The van der Waals surface area contributed by atoms with Gasteiger partial charge in [0, 0.05) is 12.1 Å². The average molecular weight is 250 g/mol. The molecule has 0 heterocycles. The number of amides is 1. The van der Waals surface area contributed by atoms with Gasteiger partial charge in [-0.2, -0.15) is 0 Å². The van der Waals surface area contributed by atoms with E-state index in [1.165, 1.54) is 0 Å². The highest BCUT2D eigenvalue weighted by Gasteiger charge is 2.29. The summed E-state index contributed by atoms with van der Waals surface area (Å²) in [6.45, 7) is 6.50. The highest BCUT2D eigenvalue weighted by molar-refractivity contribution is 5.80. The van der Waals surface area contributed by atoms with Crippen LogP contribution in [-0.4, -0.2) is 19.1 Å². The summed E-state index contributed by atoms with van der Waals surface area (Å²) in [6.07, 6.45) is 0. The van der Waals surface area contributed by atoms with Crippen LogP contribution in [0.2, 0.25) is 0 Å². The van der Waals surface area contributed by atoms with Gasteiger partial charge in [0.25, 0.3) is 0 Å². The Kier molecular flexibility index (Phi) is 4.73. The number of benzene rings is 1. The zero-order valence-electron chi connectivity index (χ0n) is 11.5. The van der Waals surface area contributed by atoms with Gasteiger partial charge in [0.2, 0.25) is 5.91 Å². The van der Waals surface area contributed by atoms with Gasteiger partial charge in [-0.05, 0) is 11.5 Å². The second-order valence-electron chi connectivity index (χ2n) is 5.39. The lowest BCUT2D eigenvalue weighted by atomic mass is 9.86. The van der Waals surface area contributed by atoms with Gasteiger partial charge in [-0.15, -0.1) is 0 Å². The average Bonchev–Trinajstić information content (AvgIpc) is 2.27. The summed E-state index contributed by atoms with van der Waals surface area (Å²) in [5.41, 5.74) is 6.22. The number of hydrogen-bond acceptors (Lipinski definition) is 3. The van der Waals surface area contributed by atoms with Crippen LogP contribution in [0.3, 0.4) is 0 Å². The van der Waals surface area contributed by atoms with E-state index in [9.17, 15) is 4.79 Å². The van der Waals surface area contributed by atoms with E-state index >= 15 is 0 Å². The fraction of sp³-hybridized carbons (Fsp3) is 0.500. The zero-order chi connectivity index (χ0) is 13.8. The van der Waals surface area contributed by atoms with E-state index in [0.717, 1.165) is 11.3 Å². The predicted molar refractivity (Wildman–Crippen MR) is 72.3 cm³/mol. The summed E-state index contributed by atoms with van der Waals surface area (Å²) in [6, 6.07) is 7.34. The van der Waals surface area contributed by atoms with Crippen LogP contribution in [-0.2, 0) is 11.3 Å². The molecule has 4 heteroatoms. The molecule has 1 aromatic rings. The quantitative estimate of drug-likeness (QED) is 0.835. The molecule has 0 radical (unpaired) electrons. The number of carbonyl (C=O) groups is 1. The van der Waals surface area contributed by atoms with Crippen LogP contribution in [0.4, 0.5) is 0 Å². The van der Waals surface area contributed by atoms with E-state index in [-0.39, 0.29) is 17.4 Å². The molecule has 3 N–H and O–H groups in total. The second kappa shape index (κ2) is 5.87. The molecule has 0 saturated heterocycles. The summed E-state index contributed by atoms with van der Waals surface area (Å²) in [7, 11) is 1.63. The molecule has 1 amide bonds. The third-order valence-corrected chi connectivity index (χ3v) is 2.84. The van der Waals surface area contributed by atoms with Gasteiger partial charge < -0.3 is 15.8 Å². The van der Waals surface area contributed by atoms with Gasteiger partial charge in [0.05, 0.1) is 13.2 Å². The molecule has 1 atom stereocenters. The van der Waals surface area contributed by atoms with Crippen LogP contribution < -0.4 is 15.8 Å². The van der Waals surface area contributed by atoms with Crippen LogP contribution in [0.15, 0.2) is 24.3 Å². The number of nitrogens with two attached hydrogens (primary N) is 1. The molecule has 1 aromatic carbocycles. The van der Waals surface area contributed by atoms with Crippen LogP contribution in [0, 0.1) is 5.41 Å². The summed E-state index contributed by atoms with van der Waals surface area (Å²) >= 11 is 0. The number of ether oxygens (including phenoxy) is 1. The van der Waals surface area contributed by atoms with Crippen molar-refractivity contribution in [3.63, 3.8) is 0 Å². The lowest BCUT2D eigenvalue weighted by molar-refractivity contribution is -0.122. The molecule has 0 fully saturated rings. The highest BCUT2D eigenvalue weighted by Crippen LogP contribution is 2.21. The number of primary amides is 1. The van der Waals surface area contributed by atoms with E-state index in [1.807, 2.05) is 45.0 Å². The Bertz CT molecular complexity index is 411.